The summed E-state index contributed by atoms with van der Waals surface area (Å²) in [6, 6.07) is 19.6. The maximum atomic E-state index is 12.5. The van der Waals surface area contributed by atoms with Crippen LogP contribution in [0.2, 0.25) is 0 Å². The number of hydrogen-bond donors (Lipinski definition) is 1. The number of furan rings is 1. The monoisotopic (exact) mass is 432 g/mol. The van der Waals surface area contributed by atoms with Gasteiger partial charge in [-0.05, 0) is 50.6 Å². The van der Waals surface area contributed by atoms with E-state index in [0.717, 1.165) is 16.6 Å². The van der Waals surface area contributed by atoms with Crippen molar-refractivity contribution < 1.29 is 9.21 Å². The molecule has 1 amide bonds. The van der Waals surface area contributed by atoms with Crippen molar-refractivity contribution in [3.63, 3.8) is 0 Å². The van der Waals surface area contributed by atoms with Crippen molar-refractivity contribution >= 4 is 17.7 Å². The van der Waals surface area contributed by atoms with Gasteiger partial charge in [0, 0.05) is 11.4 Å². The van der Waals surface area contributed by atoms with E-state index in [2.05, 4.69) is 65.8 Å². The van der Waals surface area contributed by atoms with Crippen LogP contribution < -0.4 is 5.32 Å². The number of aromatic nitrogens is 3. The molecule has 4 aromatic rings. The Kier molecular flexibility index (Phi) is 6.23. The fraction of sp³-hybridized carbons (Fsp3) is 0.208. The summed E-state index contributed by atoms with van der Waals surface area (Å²) < 4.78 is 7.21. The molecule has 158 valence electrons. The van der Waals surface area contributed by atoms with Gasteiger partial charge in [-0.3, -0.25) is 9.36 Å². The maximum absolute atomic E-state index is 12.5. The maximum Gasteiger partial charge on any atom is 0.287 e. The number of amides is 1. The largest absolute Gasteiger partial charge is 0.459 e. The van der Waals surface area contributed by atoms with Crippen LogP contribution in [0.15, 0.2) is 76.5 Å². The van der Waals surface area contributed by atoms with Crippen molar-refractivity contribution in [2.45, 2.75) is 37.7 Å². The van der Waals surface area contributed by atoms with Crippen molar-refractivity contribution in [2.24, 2.45) is 0 Å². The third kappa shape index (κ3) is 4.88. The number of hydrogen-bond acceptors (Lipinski definition) is 5. The molecule has 0 spiro atoms. The Morgan fingerprint density at radius 1 is 1.06 bits per heavy atom. The lowest BCUT2D eigenvalue weighted by Crippen LogP contribution is -2.28. The first-order chi connectivity index (χ1) is 15.0. The van der Waals surface area contributed by atoms with Gasteiger partial charge in [0.2, 0.25) is 0 Å². The van der Waals surface area contributed by atoms with Crippen LogP contribution in [-0.2, 0) is 5.75 Å². The Balaban J connectivity index is 1.63. The highest BCUT2D eigenvalue weighted by Crippen LogP contribution is 2.28. The van der Waals surface area contributed by atoms with E-state index in [4.69, 9.17) is 4.42 Å². The lowest BCUT2D eigenvalue weighted by Gasteiger charge is -2.16. The first-order valence-electron chi connectivity index (χ1n) is 10.1. The van der Waals surface area contributed by atoms with Gasteiger partial charge in [-0.15, -0.1) is 10.2 Å². The number of carbonyl (C=O) groups excluding carboxylic acids is 1. The van der Waals surface area contributed by atoms with Crippen LogP contribution in [0.25, 0.3) is 5.69 Å². The third-order valence-electron chi connectivity index (χ3n) is 4.88. The second-order valence-electron chi connectivity index (χ2n) is 7.46. The minimum Gasteiger partial charge on any atom is -0.459 e. The molecule has 0 saturated heterocycles. The molecule has 4 rings (SSSR count). The lowest BCUT2D eigenvalue weighted by atomic mass is 10.2. The molecule has 1 unspecified atom stereocenters. The van der Waals surface area contributed by atoms with Gasteiger partial charge in [0.25, 0.3) is 5.91 Å². The number of nitrogens with zero attached hydrogens (tertiary/aromatic N) is 3. The molecule has 2 aromatic heterocycles. The molecule has 1 atom stereocenters. The van der Waals surface area contributed by atoms with Crippen LogP contribution in [0.3, 0.4) is 0 Å². The summed E-state index contributed by atoms with van der Waals surface area (Å²) in [5.74, 6) is 1.42. The molecular weight excluding hydrogens is 408 g/mol. The molecule has 31 heavy (non-hydrogen) atoms. The predicted octanol–water partition coefficient (Wildman–Crippen LogP) is 5.26. The SMILES string of the molecule is Cc1ccc(-n2c(SCc3cccc(C)c3)nnc2C(C)NC(=O)c2ccco2)cc1. The Morgan fingerprint density at radius 2 is 1.87 bits per heavy atom. The zero-order valence-electron chi connectivity index (χ0n) is 17.7. The fourth-order valence-corrected chi connectivity index (χ4v) is 4.18. The van der Waals surface area contributed by atoms with Gasteiger partial charge < -0.3 is 9.73 Å². The molecule has 1 N–H and O–H groups in total. The van der Waals surface area contributed by atoms with Crippen LogP contribution >= 0.6 is 11.8 Å². The first-order valence-corrected chi connectivity index (χ1v) is 11.0. The second-order valence-corrected chi connectivity index (χ2v) is 8.40. The molecular formula is C24H24N4O2S. The predicted molar refractivity (Wildman–Crippen MR) is 121 cm³/mol. The van der Waals surface area contributed by atoms with Gasteiger partial charge in [0.1, 0.15) is 0 Å². The average Bonchev–Trinajstić information content (AvgIpc) is 3.43. The topological polar surface area (TPSA) is 73.0 Å². The standard InChI is InChI=1S/C24H24N4O2S/c1-16-9-11-20(12-10-16)28-22(18(3)25-23(29)21-8-5-13-30-21)26-27-24(28)31-15-19-7-4-6-17(2)14-19/h4-14,18H,15H2,1-3H3,(H,25,29). The zero-order chi connectivity index (χ0) is 21.8. The molecule has 7 heteroatoms. The van der Waals surface area contributed by atoms with Crippen LogP contribution in [0, 0.1) is 13.8 Å². The van der Waals surface area contributed by atoms with Gasteiger partial charge in [0.05, 0.1) is 12.3 Å². The normalized spacial score (nSPS) is 12.0. The smallest absolute Gasteiger partial charge is 0.287 e. The van der Waals surface area contributed by atoms with Crippen molar-refractivity contribution in [1.29, 1.82) is 0 Å². The van der Waals surface area contributed by atoms with Crippen molar-refractivity contribution in [2.75, 3.05) is 0 Å². The summed E-state index contributed by atoms with van der Waals surface area (Å²) in [6.07, 6.45) is 1.48. The molecule has 0 bridgehead atoms. The molecule has 2 aromatic carbocycles. The highest BCUT2D eigenvalue weighted by Gasteiger charge is 2.22. The van der Waals surface area contributed by atoms with E-state index >= 15 is 0 Å². The van der Waals surface area contributed by atoms with Gasteiger partial charge in [0.15, 0.2) is 16.7 Å². The van der Waals surface area contributed by atoms with Crippen molar-refractivity contribution in [3.05, 3.63) is 95.2 Å². The van der Waals surface area contributed by atoms with Gasteiger partial charge in [-0.1, -0.05) is 59.3 Å². The van der Waals surface area contributed by atoms with Crippen LogP contribution in [-0.4, -0.2) is 20.7 Å². The van der Waals surface area contributed by atoms with E-state index in [9.17, 15) is 4.79 Å². The number of nitrogens with one attached hydrogen (secondary N) is 1. The van der Waals surface area contributed by atoms with E-state index in [1.807, 2.05) is 23.6 Å². The summed E-state index contributed by atoms with van der Waals surface area (Å²) in [4.78, 5) is 12.5. The van der Waals surface area contributed by atoms with Crippen molar-refractivity contribution in [1.82, 2.24) is 20.1 Å². The summed E-state index contributed by atoms with van der Waals surface area (Å²) in [6.45, 7) is 6.03. The molecule has 0 aliphatic carbocycles. The van der Waals surface area contributed by atoms with Gasteiger partial charge in [-0.25, -0.2) is 0 Å². The molecule has 2 heterocycles. The van der Waals surface area contributed by atoms with E-state index in [1.165, 1.54) is 23.0 Å². The van der Waals surface area contributed by atoms with Crippen molar-refractivity contribution in [3.8, 4) is 5.69 Å². The van der Waals surface area contributed by atoms with Gasteiger partial charge >= 0.3 is 0 Å². The van der Waals surface area contributed by atoms with Gasteiger partial charge in [-0.2, -0.15) is 0 Å². The lowest BCUT2D eigenvalue weighted by molar-refractivity contribution is 0.0910. The zero-order valence-corrected chi connectivity index (χ0v) is 18.5. The summed E-state index contributed by atoms with van der Waals surface area (Å²) >= 11 is 1.62. The Labute approximate surface area is 185 Å². The average molecular weight is 433 g/mol. The third-order valence-corrected chi connectivity index (χ3v) is 5.88. The van der Waals surface area contributed by atoms with Crippen LogP contribution in [0.4, 0.5) is 0 Å². The highest BCUT2D eigenvalue weighted by atomic mass is 32.2. The van der Waals surface area contributed by atoms with Crippen LogP contribution in [0.5, 0.6) is 0 Å². The first kappa shape index (κ1) is 20.9. The summed E-state index contributed by atoms with van der Waals surface area (Å²) in [5.41, 5.74) is 4.58. The van der Waals surface area contributed by atoms with Crippen LogP contribution in [0.1, 0.15) is 46.0 Å². The molecule has 0 saturated carbocycles. The number of rotatable bonds is 7. The minimum absolute atomic E-state index is 0.266. The Hall–Kier alpha value is -3.32. The second kappa shape index (κ2) is 9.22. The fourth-order valence-electron chi connectivity index (χ4n) is 3.28. The molecule has 0 aliphatic rings. The summed E-state index contributed by atoms with van der Waals surface area (Å²) in [7, 11) is 0. The number of aryl methyl sites for hydroxylation is 2. The van der Waals surface area contributed by atoms with E-state index in [-0.39, 0.29) is 17.7 Å². The Morgan fingerprint density at radius 3 is 2.58 bits per heavy atom. The highest BCUT2D eigenvalue weighted by molar-refractivity contribution is 7.98. The minimum atomic E-state index is -0.361. The van der Waals surface area contributed by atoms with E-state index in [1.54, 1.807) is 23.9 Å². The Bertz CT molecular complexity index is 1170. The summed E-state index contributed by atoms with van der Waals surface area (Å²) in [5, 5.41) is 12.6. The number of thioether (sulfide) groups is 1. The number of carbonyl (C=O) groups is 1. The molecule has 0 radical (unpaired) electrons. The molecule has 0 fully saturated rings. The van der Waals surface area contributed by atoms with E-state index < -0.39 is 0 Å². The quantitative estimate of drug-likeness (QED) is 0.403. The van der Waals surface area contributed by atoms with E-state index in [0.29, 0.717) is 5.82 Å². The number of benzene rings is 2. The molecule has 0 aliphatic heterocycles. The molecule has 6 nitrogen and oxygen atoms in total.